The van der Waals surface area contributed by atoms with Gasteiger partial charge in [0.05, 0.1) is 0 Å². The highest BCUT2D eigenvalue weighted by molar-refractivity contribution is 5.82. The second kappa shape index (κ2) is 7.25. The first-order valence-corrected chi connectivity index (χ1v) is 4.42. The SMILES string of the molecule is CCCC(O)C(=O)CCCOC. The lowest BCUT2D eigenvalue weighted by Crippen LogP contribution is -2.19. The van der Waals surface area contributed by atoms with Crippen molar-refractivity contribution in [2.75, 3.05) is 13.7 Å². The lowest BCUT2D eigenvalue weighted by Gasteiger charge is -2.06. The van der Waals surface area contributed by atoms with Crippen LogP contribution in [0.15, 0.2) is 0 Å². The first-order valence-electron chi connectivity index (χ1n) is 4.42. The molecule has 0 aliphatic heterocycles. The predicted octanol–water partition coefficient (Wildman–Crippen LogP) is 1.14. The van der Waals surface area contributed by atoms with E-state index in [1.54, 1.807) is 7.11 Å². The molecule has 0 rings (SSSR count). The van der Waals surface area contributed by atoms with Gasteiger partial charge in [0.15, 0.2) is 5.78 Å². The number of Topliss-reactive ketones (excluding diaryl/α,β-unsaturated/α-hetero) is 1. The van der Waals surface area contributed by atoms with Crippen molar-refractivity contribution in [3.8, 4) is 0 Å². The van der Waals surface area contributed by atoms with Gasteiger partial charge in [0.2, 0.25) is 0 Å². The van der Waals surface area contributed by atoms with Gasteiger partial charge in [-0.15, -0.1) is 0 Å². The molecule has 0 aromatic rings. The summed E-state index contributed by atoms with van der Waals surface area (Å²) in [7, 11) is 1.60. The van der Waals surface area contributed by atoms with Crippen molar-refractivity contribution in [1.29, 1.82) is 0 Å². The van der Waals surface area contributed by atoms with E-state index < -0.39 is 6.10 Å². The molecule has 1 N–H and O–H groups in total. The number of carbonyl (C=O) groups is 1. The monoisotopic (exact) mass is 174 g/mol. The van der Waals surface area contributed by atoms with Crippen LogP contribution in [0.1, 0.15) is 32.6 Å². The lowest BCUT2D eigenvalue weighted by atomic mass is 10.1. The summed E-state index contributed by atoms with van der Waals surface area (Å²) in [4.78, 5) is 11.1. The molecular formula is C9H18O3. The second-order valence-corrected chi connectivity index (χ2v) is 2.87. The molecule has 1 atom stereocenters. The minimum absolute atomic E-state index is 0.0612. The van der Waals surface area contributed by atoms with Crippen molar-refractivity contribution in [2.45, 2.75) is 38.7 Å². The topological polar surface area (TPSA) is 46.5 Å². The molecular weight excluding hydrogens is 156 g/mol. The van der Waals surface area contributed by atoms with Crippen LogP contribution in [0.2, 0.25) is 0 Å². The highest BCUT2D eigenvalue weighted by atomic mass is 16.5. The van der Waals surface area contributed by atoms with Crippen molar-refractivity contribution in [3.05, 3.63) is 0 Å². The summed E-state index contributed by atoms with van der Waals surface area (Å²) < 4.78 is 4.80. The normalized spacial score (nSPS) is 12.9. The fraction of sp³-hybridized carbons (Fsp3) is 0.889. The zero-order valence-electron chi connectivity index (χ0n) is 7.88. The number of aliphatic hydroxyl groups excluding tert-OH is 1. The van der Waals surface area contributed by atoms with Gasteiger partial charge < -0.3 is 9.84 Å². The standard InChI is InChI=1S/C9H18O3/c1-3-5-8(10)9(11)6-4-7-12-2/h8,10H,3-7H2,1-2H3. The van der Waals surface area contributed by atoms with E-state index in [0.29, 0.717) is 25.9 Å². The van der Waals surface area contributed by atoms with Crippen LogP contribution >= 0.6 is 0 Å². The van der Waals surface area contributed by atoms with Crippen molar-refractivity contribution < 1.29 is 14.6 Å². The summed E-state index contributed by atoms with van der Waals surface area (Å²) in [6.07, 6.45) is 1.79. The van der Waals surface area contributed by atoms with Gasteiger partial charge in [-0.1, -0.05) is 13.3 Å². The van der Waals surface area contributed by atoms with Gasteiger partial charge in [0.1, 0.15) is 6.10 Å². The Morgan fingerprint density at radius 3 is 2.75 bits per heavy atom. The maximum absolute atomic E-state index is 11.1. The third-order valence-electron chi connectivity index (χ3n) is 1.71. The maximum atomic E-state index is 11.1. The molecule has 0 fully saturated rings. The zero-order valence-corrected chi connectivity index (χ0v) is 7.88. The molecule has 0 saturated carbocycles. The Kier molecular flexibility index (Phi) is 7.00. The fourth-order valence-electron chi connectivity index (χ4n) is 0.992. The third kappa shape index (κ3) is 5.27. The minimum atomic E-state index is -0.758. The number of hydrogen-bond acceptors (Lipinski definition) is 3. The lowest BCUT2D eigenvalue weighted by molar-refractivity contribution is -0.127. The number of hydrogen-bond donors (Lipinski definition) is 1. The van der Waals surface area contributed by atoms with Crippen molar-refractivity contribution in [1.82, 2.24) is 0 Å². The molecule has 1 unspecified atom stereocenters. The largest absolute Gasteiger partial charge is 0.385 e. The Balaban J connectivity index is 3.43. The molecule has 0 aliphatic carbocycles. The number of rotatable bonds is 7. The molecule has 0 radical (unpaired) electrons. The quantitative estimate of drug-likeness (QED) is 0.589. The highest BCUT2D eigenvalue weighted by Crippen LogP contribution is 2.02. The Hall–Kier alpha value is -0.410. The minimum Gasteiger partial charge on any atom is -0.385 e. The van der Waals surface area contributed by atoms with E-state index in [1.165, 1.54) is 0 Å². The first kappa shape index (κ1) is 11.6. The Morgan fingerprint density at radius 2 is 2.25 bits per heavy atom. The van der Waals surface area contributed by atoms with Crippen LogP contribution < -0.4 is 0 Å². The summed E-state index contributed by atoms with van der Waals surface area (Å²) in [5, 5.41) is 9.23. The van der Waals surface area contributed by atoms with E-state index in [4.69, 9.17) is 4.74 Å². The van der Waals surface area contributed by atoms with Crippen LogP contribution in [-0.4, -0.2) is 30.7 Å². The highest BCUT2D eigenvalue weighted by Gasteiger charge is 2.12. The molecule has 0 bridgehead atoms. The van der Waals surface area contributed by atoms with Gasteiger partial charge in [0, 0.05) is 20.1 Å². The third-order valence-corrected chi connectivity index (χ3v) is 1.71. The van der Waals surface area contributed by atoms with Gasteiger partial charge in [-0.2, -0.15) is 0 Å². The summed E-state index contributed by atoms with van der Waals surface area (Å²) in [6, 6.07) is 0. The van der Waals surface area contributed by atoms with Gasteiger partial charge >= 0.3 is 0 Å². The van der Waals surface area contributed by atoms with E-state index >= 15 is 0 Å². The molecule has 3 nitrogen and oxygen atoms in total. The molecule has 0 aliphatic rings. The van der Waals surface area contributed by atoms with Crippen LogP contribution in [-0.2, 0) is 9.53 Å². The van der Waals surface area contributed by atoms with Crippen LogP contribution in [0.3, 0.4) is 0 Å². The van der Waals surface area contributed by atoms with E-state index in [2.05, 4.69) is 0 Å². The maximum Gasteiger partial charge on any atom is 0.161 e. The Bertz CT molecular complexity index is 123. The van der Waals surface area contributed by atoms with Crippen LogP contribution in [0.4, 0.5) is 0 Å². The Labute approximate surface area is 73.7 Å². The van der Waals surface area contributed by atoms with E-state index in [9.17, 15) is 9.90 Å². The molecule has 12 heavy (non-hydrogen) atoms. The van der Waals surface area contributed by atoms with E-state index in [0.717, 1.165) is 6.42 Å². The average molecular weight is 174 g/mol. The number of carbonyl (C=O) groups excluding carboxylic acids is 1. The summed E-state index contributed by atoms with van der Waals surface area (Å²) in [6.45, 7) is 2.54. The summed E-state index contributed by atoms with van der Waals surface area (Å²) in [5.41, 5.74) is 0. The number of aliphatic hydroxyl groups is 1. The molecule has 0 aromatic carbocycles. The van der Waals surface area contributed by atoms with Gasteiger partial charge in [-0.3, -0.25) is 4.79 Å². The molecule has 0 aromatic heterocycles. The summed E-state index contributed by atoms with van der Waals surface area (Å²) >= 11 is 0. The molecule has 0 amide bonds. The van der Waals surface area contributed by atoms with Gasteiger partial charge in [-0.25, -0.2) is 0 Å². The molecule has 72 valence electrons. The van der Waals surface area contributed by atoms with Crippen molar-refractivity contribution in [3.63, 3.8) is 0 Å². The first-order chi connectivity index (χ1) is 5.72. The van der Waals surface area contributed by atoms with Gasteiger partial charge in [-0.05, 0) is 12.8 Å². The molecule has 0 saturated heterocycles. The van der Waals surface area contributed by atoms with E-state index in [-0.39, 0.29) is 5.78 Å². The average Bonchev–Trinajstić information content (AvgIpc) is 2.05. The van der Waals surface area contributed by atoms with Crippen LogP contribution in [0.5, 0.6) is 0 Å². The fourth-order valence-corrected chi connectivity index (χ4v) is 0.992. The van der Waals surface area contributed by atoms with Crippen LogP contribution in [0, 0.1) is 0 Å². The van der Waals surface area contributed by atoms with Crippen molar-refractivity contribution in [2.24, 2.45) is 0 Å². The number of methoxy groups -OCH3 is 1. The van der Waals surface area contributed by atoms with Crippen LogP contribution in [0.25, 0.3) is 0 Å². The molecule has 3 heteroatoms. The van der Waals surface area contributed by atoms with E-state index in [1.807, 2.05) is 6.92 Å². The summed E-state index contributed by atoms with van der Waals surface area (Å²) in [5.74, 6) is -0.0612. The molecule has 0 heterocycles. The molecule has 0 spiro atoms. The second-order valence-electron chi connectivity index (χ2n) is 2.87. The smallest absolute Gasteiger partial charge is 0.161 e. The predicted molar refractivity (Wildman–Crippen MR) is 47.0 cm³/mol. The van der Waals surface area contributed by atoms with Crippen molar-refractivity contribution >= 4 is 5.78 Å². The zero-order chi connectivity index (χ0) is 9.40. The van der Waals surface area contributed by atoms with Gasteiger partial charge in [0.25, 0.3) is 0 Å². The number of ether oxygens (including phenoxy) is 1. The Morgan fingerprint density at radius 1 is 1.58 bits per heavy atom. The number of ketones is 1.